The number of hydrogen-bond acceptors (Lipinski definition) is 3. The maximum atomic E-state index is 9.35. The first-order valence-electron chi connectivity index (χ1n) is 5.69. The van der Waals surface area contributed by atoms with E-state index in [1.54, 1.807) is 17.4 Å². The molecule has 1 heterocycles. The summed E-state index contributed by atoms with van der Waals surface area (Å²) in [5.41, 5.74) is 1.90. The van der Waals surface area contributed by atoms with Crippen LogP contribution in [0.3, 0.4) is 0 Å². The number of rotatable bonds is 3. The maximum absolute atomic E-state index is 9.35. The largest absolute Gasteiger partial charge is 0.366 e. The summed E-state index contributed by atoms with van der Waals surface area (Å²) < 4.78 is 0.814. The summed E-state index contributed by atoms with van der Waals surface area (Å²) in [5, 5.41) is 13.2. The summed E-state index contributed by atoms with van der Waals surface area (Å²) >= 11 is 11.0. The highest BCUT2D eigenvalue weighted by molar-refractivity contribution is 9.10. The molecule has 19 heavy (non-hydrogen) atoms. The molecule has 1 N–H and O–H groups in total. The highest BCUT2D eigenvalue weighted by Gasteiger charge is 2.15. The minimum absolute atomic E-state index is 0.349. The molecule has 2 rings (SSSR count). The molecule has 1 aromatic heterocycles. The summed E-state index contributed by atoms with van der Waals surface area (Å²) in [7, 11) is 0. The molecule has 5 heteroatoms. The van der Waals surface area contributed by atoms with Crippen molar-refractivity contribution in [2.24, 2.45) is 0 Å². The Morgan fingerprint density at radius 1 is 1.37 bits per heavy atom. The zero-order valence-electron chi connectivity index (χ0n) is 10.5. The van der Waals surface area contributed by atoms with Crippen LogP contribution >= 0.6 is 38.9 Å². The van der Waals surface area contributed by atoms with Gasteiger partial charge in [-0.2, -0.15) is 5.26 Å². The second kappa shape index (κ2) is 5.96. The van der Waals surface area contributed by atoms with E-state index in [1.807, 2.05) is 19.1 Å². The van der Waals surface area contributed by atoms with E-state index in [0.29, 0.717) is 5.02 Å². The molecule has 0 amide bonds. The van der Waals surface area contributed by atoms with Gasteiger partial charge in [-0.05, 0) is 54.0 Å². The third-order valence-electron chi connectivity index (χ3n) is 2.75. The summed E-state index contributed by atoms with van der Waals surface area (Å²) in [6.07, 6.45) is 0. The zero-order valence-corrected chi connectivity index (χ0v) is 13.7. The van der Waals surface area contributed by atoms with Gasteiger partial charge in [-0.1, -0.05) is 11.6 Å². The Labute approximate surface area is 130 Å². The molecule has 0 bridgehead atoms. The number of hydrogen-bond donors (Lipinski definition) is 1. The predicted octanol–water partition coefficient (Wildman–Crippen LogP) is 5.46. The summed E-state index contributed by atoms with van der Waals surface area (Å²) in [5.74, 6) is 0. The van der Waals surface area contributed by atoms with E-state index >= 15 is 0 Å². The van der Waals surface area contributed by atoms with Crippen molar-refractivity contribution >= 4 is 44.6 Å². The number of nitrogens with zero attached hydrogens (tertiary/aromatic N) is 1. The van der Waals surface area contributed by atoms with Crippen molar-refractivity contribution in [1.82, 2.24) is 0 Å². The van der Waals surface area contributed by atoms with Crippen LogP contribution in [0.25, 0.3) is 0 Å². The van der Waals surface area contributed by atoms with E-state index in [0.717, 1.165) is 15.7 Å². The van der Waals surface area contributed by atoms with Crippen molar-refractivity contribution in [3.05, 3.63) is 49.1 Å². The average molecular weight is 356 g/mol. The number of halogens is 2. The molecule has 0 saturated carbocycles. The summed E-state index contributed by atoms with van der Waals surface area (Å²) in [4.78, 5) is 2.39. The second-order valence-electron chi connectivity index (χ2n) is 4.20. The lowest BCUT2D eigenvalue weighted by Gasteiger charge is -2.13. The van der Waals surface area contributed by atoms with Crippen LogP contribution in [0.5, 0.6) is 0 Å². The Morgan fingerprint density at radius 3 is 2.63 bits per heavy atom. The predicted molar refractivity (Wildman–Crippen MR) is 84.9 cm³/mol. The molecule has 2 aromatic rings. The Hall–Kier alpha value is -1.02. The normalized spacial score (nSPS) is 11.9. The molecule has 0 saturated heterocycles. The van der Waals surface area contributed by atoms with Gasteiger partial charge < -0.3 is 5.32 Å². The lowest BCUT2D eigenvalue weighted by Crippen LogP contribution is -2.08. The first kappa shape index (κ1) is 14.4. The number of anilines is 1. The van der Waals surface area contributed by atoms with Crippen molar-refractivity contribution in [3.63, 3.8) is 0 Å². The van der Waals surface area contributed by atoms with Crippen LogP contribution in [0.4, 0.5) is 5.69 Å². The topological polar surface area (TPSA) is 35.8 Å². The fourth-order valence-electron chi connectivity index (χ4n) is 1.87. The van der Waals surface area contributed by atoms with Gasteiger partial charge in [0.1, 0.15) is 6.04 Å². The first-order chi connectivity index (χ1) is 9.01. The highest BCUT2D eigenvalue weighted by atomic mass is 79.9. The van der Waals surface area contributed by atoms with Crippen LogP contribution in [-0.2, 0) is 0 Å². The zero-order chi connectivity index (χ0) is 14.0. The van der Waals surface area contributed by atoms with Crippen molar-refractivity contribution < 1.29 is 0 Å². The maximum Gasteiger partial charge on any atom is 0.141 e. The second-order valence-corrected chi connectivity index (χ2v) is 6.93. The number of aryl methyl sites for hydroxylation is 2. The third kappa shape index (κ3) is 3.30. The smallest absolute Gasteiger partial charge is 0.141 e. The molecule has 2 nitrogen and oxygen atoms in total. The van der Waals surface area contributed by atoms with Crippen LogP contribution < -0.4 is 5.32 Å². The summed E-state index contributed by atoms with van der Waals surface area (Å²) in [6.45, 7) is 4.09. The molecule has 1 atom stereocenters. The minimum Gasteiger partial charge on any atom is -0.366 e. The number of thiophene rings is 1. The van der Waals surface area contributed by atoms with Gasteiger partial charge in [-0.25, -0.2) is 0 Å². The van der Waals surface area contributed by atoms with Crippen molar-refractivity contribution in [2.45, 2.75) is 19.9 Å². The minimum atomic E-state index is -0.349. The molecule has 1 aromatic carbocycles. The number of nitrogens with one attached hydrogen (secondary N) is 1. The Balaban J connectivity index is 2.27. The van der Waals surface area contributed by atoms with Gasteiger partial charge in [0.2, 0.25) is 0 Å². The number of benzene rings is 1. The van der Waals surface area contributed by atoms with E-state index in [4.69, 9.17) is 11.6 Å². The lowest BCUT2D eigenvalue weighted by molar-refractivity contribution is 0.993. The molecule has 98 valence electrons. The van der Waals surface area contributed by atoms with Crippen molar-refractivity contribution in [2.75, 3.05) is 5.32 Å². The van der Waals surface area contributed by atoms with Gasteiger partial charge in [0.15, 0.2) is 0 Å². The molecule has 0 spiro atoms. The fraction of sp³-hybridized carbons (Fsp3) is 0.214. The van der Waals surface area contributed by atoms with Gasteiger partial charge in [-0.15, -0.1) is 11.3 Å². The SMILES string of the molecule is Cc1cc(C(C#N)Nc2ccc(Cl)c(Br)c2)c(C)s1. The standard InChI is InChI=1S/C14H12BrClN2S/c1-8-5-11(9(2)19-8)14(7-17)18-10-3-4-13(16)12(15)6-10/h3-6,14,18H,1-2H3. The van der Waals surface area contributed by atoms with E-state index in [9.17, 15) is 5.26 Å². The molecular weight excluding hydrogens is 344 g/mol. The van der Waals surface area contributed by atoms with Gasteiger partial charge >= 0.3 is 0 Å². The van der Waals surface area contributed by atoms with Crippen molar-refractivity contribution in [3.8, 4) is 6.07 Å². The number of nitriles is 1. The van der Waals surface area contributed by atoms with Crippen LogP contribution in [0.1, 0.15) is 21.4 Å². The van der Waals surface area contributed by atoms with Gasteiger partial charge in [0.05, 0.1) is 11.1 Å². The van der Waals surface area contributed by atoms with Gasteiger partial charge in [0.25, 0.3) is 0 Å². The van der Waals surface area contributed by atoms with Crippen LogP contribution in [0.2, 0.25) is 5.02 Å². The first-order valence-corrected chi connectivity index (χ1v) is 7.68. The van der Waals surface area contributed by atoms with Gasteiger partial charge in [-0.3, -0.25) is 0 Å². The van der Waals surface area contributed by atoms with Gasteiger partial charge in [0, 0.05) is 25.5 Å². The van der Waals surface area contributed by atoms with E-state index < -0.39 is 0 Å². The van der Waals surface area contributed by atoms with Crippen LogP contribution in [0.15, 0.2) is 28.7 Å². The molecular formula is C14H12BrClN2S. The van der Waals surface area contributed by atoms with Crippen LogP contribution in [-0.4, -0.2) is 0 Å². The highest BCUT2D eigenvalue weighted by Crippen LogP contribution is 2.31. The average Bonchev–Trinajstić information content (AvgIpc) is 2.70. The molecule has 0 aliphatic rings. The third-order valence-corrected chi connectivity index (χ3v) is 4.95. The molecule has 1 unspecified atom stereocenters. The summed E-state index contributed by atoms with van der Waals surface area (Å²) in [6, 6.07) is 9.56. The molecule has 0 fully saturated rings. The van der Waals surface area contributed by atoms with E-state index in [2.05, 4.69) is 40.3 Å². The molecule has 0 aliphatic heterocycles. The molecule has 0 radical (unpaired) electrons. The fourth-order valence-corrected chi connectivity index (χ4v) is 3.33. The lowest BCUT2D eigenvalue weighted by atomic mass is 10.1. The Bertz CT molecular complexity index is 645. The Kier molecular flexibility index (Phi) is 4.51. The van der Waals surface area contributed by atoms with Crippen LogP contribution in [0, 0.1) is 25.2 Å². The molecule has 0 aliphatic carbocycles. The van der Waals surface area contributed by atoms with E-state index in [1.165, 1.54) is 9.75 Å². The monoisotopic (exact) mass is 354 g/mol. The quantitative estimate of drug-likeness (QED) is 0.793. The van der Waals surface area contributed by atoms with Crippen molar-refractivity contribution in [1.29, 1.82) is 5.26 Å². The Morgan fingerprint density at radius 2 is 2.11 bits per heavy atom. The van der Waals surface area contributed by atoms with E-state index in [-0.39, 0.29) is 6.04 Å².